The van der Waals surface area contributed by atoms with Gasteiger partial charge in [0.2, 0.25) is 23.6 Å². The number of amides is 5. The minimum Gasteiger partial charge on any atom is -0.484 e. The quantitative estimate of drug-likeness (QED) is 0.266. The van der Waals surface area contributed by atoms with Gasteiger partial charge in [-0.05, 0) is 76.0 Å². The van der Waals surface area contributed by atoms with E-state index in [1.807, 2.05) is 4.90 Å². The summed E-state index contributed by atoms with van der Waals surface area (Å²) in [6.07, 6.45) is 6.23. The van der Waals surface area contributed by atoms with E-state index in [2.05, 4.69) is 16.0 Å². The summed E-state index contributed by atoms with van der Waals surface area (Å²) in [7, 11) is 0. The lowest BCUT2D eigenvalue weighted by atomic mass is 9.94. The molecule has 3 fully saturated rings. The lowest BCUT2D eigenvalue weighted by molar-refractivity contribution is -0.144. The maximum absolute atomic E-state index is 13.9. The molecule has 3 saturated heterocycles. The zero-order chi connectivity index (χ0) is 31.7. The number of aldehydes is 1. The maximum atomic E-state index is 13.9. The van der Waals surface area contributed by atoms with Crippen molar-refractivity contribution in [2.75, 3.05) is 26.2 Å². The Morgan fingerprint density at radius 2 is 1.70 bits per heavy atom. The molecule has 0 radical (unpaired) electrons. The van der Waals surface area contributed by atoms with Gasteiger partial charge in [0, 0.05) is 32.5 Å². The number of rotatable bonds is 10. The Kier molecular flexibility index (Phi) is 11.4. The number of benzene rings is 1. The topological polar surface area (TPSA) is 154 Å². The normalized spacial score (nSPS) is 26.5. The first kappa shape index (κ1) is 32.9. The van der Waals surface area contributed by atoms with Gasteiger partial charge in [0.25, 0.3) is 5.91 Å². The molecule has 0 unspecified atom stereocenters. The average Bonchev–Trinajstić information content (AvgIpc) is 3.53. The van der Waals surface area contributed by atoms with Crippen molar-refractivity contribution in [2.24, 2.45) is 0 Å². The van der Waals surface area contributed by atoms with E-state index in [-0.39, 0.29) is 44.1 Å². The van der Waals surface area contributed by atoms with E-state index >= 15 is 0 Å². The molecule has 0 spiro atoms. The van der Waals surface area contributed by atoms with E-state index in [0.29, 0.717) is 31.6 Å². The molecule has 3 aliphatic rings. The fraction of sp³-hybridized carbons (Fsp3) is 0.625. The molecule has 1 aromatic carbocycles. The van der Waals surface area contributed by atoms with Crippen LogP contribution >= 0.6 is 0 Å². The van der Waals surface area contributed by atoms with E-state index in [9.17, 15) is 28.8 Å². The molecule has 12 heteroatoms. The molecule has 12 nitrogen and oxygen atoms in total. The first-order chi connectivity index (χ1) is 21.1. The molecule has 3 N–H and O–H groups in total. The van der Waals surface area contributed by atoms with E-state index in [0.717, 1.165) is 44.2 Å². The molecule has 0 aliphatic carbocycles. The Morgan fingerprint density at radius 3 is 2.39 bits per heavy atom. The summed E-state index contributed by atoms with van der Waals surface area (Å²) in [5.41, 5.74) is -0.589. The van der Waals surface area contributed by atoms with Crippen LogP contribution in [0.3, 0.4) is 0 Å². The van der Waals surface area contributed by atoms with Crippen LogP contribution in [0.4, 0.5) is 0 Å². The molecular weight excluding hydrogens is 566 g/mol. The Balaban J connectivity index is 1.50. The van der Waals surface area contributed by atoms with Crippen LogP contribution in [-0.2, 0) is 35.2 Å². The number of hydrogen-bond acceptors (Lipinski definition) is 7. The smallest absolute Gasteiger partial charge is 0.260 e. The van der Waals surface area contributed by atoms with Crippen molar-refractivity contribution in [3.05, 3.63) is 29.8 Å². The van der Waals surface area contributed by atoms with E-state index in [4.69, 9.17) is 4.74 Å². The summed E-state index contributed by atoms with van der Waals surface area (Å²) >= 11 is 0. The van der Waals surface area contributed by atoms with Crippen molar-refractivity contribution in [2.45, 2.75) is 102 Å². The lowest BCUT2D eigenvalue weighted by Gasteiger charge is -2.35. The third-order valence-electron chi connectivity index (χ3n) is 8.93. The van der Waals surface area contributed by atoms with Crippen molar-refractivity contribution in [1.29, 1.82) is 0 Å². The van der Waals surface area contributed by atoms with E-state index in [1.54, 1.807) is 38.1 Å². The van der Waals surface area contributed by atoms with Gasteiger partial charge in [-0.3, -0.25) is 24.0 Å². The summed E-state index contributed by atoms with van der Waals surface area (Å²) in [5.74, 6) is -1.33. The number of piperidine rings is 1. The van der Waals surface area contributed by atoms with Crippen LogP contribution in [0.15, 0.2) is 24.3 Å². The second-order valence-corrected chi connectivity index (χ2v) is 12.1. The lowest BCUT2D eigenvalue weighted by Crippen LogP contribution is -2.65. The summed E-state index contributed by atoms with van der Waals surface area (Å²) in [4.78, 5) is 80.9. The minimum absolute atomic E-state index is 0.0436. The Morgan fingerprint density at radius 1 is 0.977 bits per heavy atom. The second kappa shape index (κ2) is 15.2. The highest BCUT2D eigenvalue weighted by molar-refractivity contribution is 5.99. The highest BCUT2D eigenvalue weighted by Crippen LogP contribution is 2.23. The number of nitrogens with zero attached hydrogens (tertiary/aromatic N) is 2. The Labute approximate surface area is 258 Å². The van der Waals surface area contributed by atoms with Gasteiger partial charge in [-0.1, -0.05) is 19.1 Å². The number of nitrogens with one attached hydrogen (secondary N) is 3. The van der Waals surface area contributed by atoms with Crippen molar-refractivity contribution < 1.29 is 33.5 Å². The van der Waals surface area contributed by atoms with Gasteiger partial charge in [0.15, 0.2) is 6.61 Å². The van der Waals surface area contributed by atoms with Crippen LogP contribution in [0.1, 0.15) is 77.2 Å². The number of unbranched alkanes of at least 4 members (excludes halogenated alkanes) is 1. The molecule has 0 bridgehead atoms. The highest BCUT2D eigenvalue weighted by Gasteiger charge is 2.43. The molecule has 0 aromatic heterocycles. The summed E-state index contributed by atoms with van der Waals surface area (Å²) in [5, 5.41) is 8.46. The van der Waals surface area contributed by atoms with Crippen LogP contribution in [-0.4, -0.2) is 95.5 Å². The van der Waals surface area contributed by atoms with Gasteiger partial charge in [-0.25, -0.2) is 0 Å². The number of carbonyl (C=O) groups is 6. The first-order valence-electron chi connectivity index (χ1n) is 15.8. The number of likely N-dealkylation sites (tertiary alicyclic amines) is 1. The van der Waals surface area contributed by atoms with E-state index in [1.165, 1.54) is 4.90 Å². The van der Waals surface area contributed by atoms with Gasteiger partial charge in [0.1, 0.15) is 35.7 Å². The Bertz CT molecular complexity index is 1220. The largest absolute Gasteiger partial charge is 0.484 e. The van der Waals surface area contributed by atoms with Crippen LogP contribution in [0, 0.1) is 0 Å². The van der Waals surface area contributed by atoms with Gasteiger partial charge in [-0.2, -0.15) is 0 Å². The van der Waals surface area contributed by atoms with Gasteiger partial charge in [-0.15, -0.1) is 0 Å². The molecule has 0 saturated carbocycles. The number of ether oxygens (including phenoxy) is 1. The van der Waals surface area contributed by atoms with Gasteiger partial charge >= 0.3 is 0 Å². The molecule has 1 aromatic rings. The predicted octanol–water partition coefficient (Wildman–Crippen LogP) is 1.25. The summed E-state index contributed by atoms with van der Waals surface area (Å²) in [6.45, 7) is 5.17. The Hall–Kier alpha value is -3.96. The molecule has 44 heavy (non-hydrogen) atoms. The summed E-state index contributed by atoms with van der Waals surface area (Å²) < 4.78 is 5.72. The SMILES string of the molecule is CC[C@]1(C)NC(=O)[C@H](CCCC=O)NC(=O)[C@H]2CCCN2C(=O)[C@H](Cc2ccc(OCC(=O)N3CCCCC3)cc2)NC1=O. The molecule has 4 atom stereocenters. The van der Waals surface area contributed by atoms with Crippen molar-refractivity contribution in [3.8, 4) is 5.75 Å². The van der Waals surface area contributed by atoms with Crippen molar-refractivity contribution in [3.63, 3.8) is 0 Å². The predicted molar refractivity (Wildman–Crippen MR) is 161 cm³/mol. The van der Waals surface area contributed by atoms with Gasteiger partial charge in [0.05, 0.1) is 0 Å². The molecule has 3 heterocycles. The fourth-order valence-electron chi connectivity index (χ4n) is 5.96. The highest BCUT2D eigenvalue weighted by atomic mass is 16.5. The van der Waals surface area contributed by atoms with E-state index < -0.39 is 41.4 Å². The van der Waals surface area contributed by atoms with Crippen LogP contribution in [0.2, 0.25) is 0 Å². The third-order valence-corrected chi connectivity index (χ3v) is 8.93. The van der Waals surface area contributed by atoms with Crippen molar-refractivity contribution >= 4 is 35.8 Å². The second-order valence-electron chi connectivity index (χ2n) is 12.1. The monoisotopic (exact) mass is 611 g/mol. The maximum Gasteiger partial charge on any atom is 0.260 e. The zero-order valence-corrected chi connectivity index (χ0v) is 25.8. The van der Waals surface area contributed by atoms with Crippen molar-refractivity contribution in [1.82, 2.24) is 25.8 Å². The standard InChI is InChI=1S/C32H45N5O7/c1-3-32(2)31(43)34-25(20-22-12-14-23(15-13-22)44-21-27(39)36-16-6-4-7-17-36)30(42)37-18-9-11-26(37)29(41)33-24(28(40)35-32)10-5-8-19-38/h12-15,19,24-26H,3-11,16-18,20-21H2,1-2H3,(H,33,41)(H,34,43)(H,35,40)/t24-,25-,26+,32-/m0/s1. The fourth-order valence-corrected chi connectivity index (χ4v) is 5.96. The number of fused-ring (bicyclic) bond motifs is 1. The molecular formula is C32H45N5O7. The molecule has 3 aliphatic heterocycles. The molecule has 4 rings (SSSR count). The van der Waals surface area contributed by atoms with Crippen LogP contribution < -0.4 is 20.7 Å². The number of hydrogen-bond donors (Lipinski definition) is 3. The number of carbonyl (C=O) groups excluding carboxylic acids is 6. The van der Waals surface area contributed by atoms with Crippen LogP contribution in [0.5, 0.6) is 5.75 Å². The molecule has 240 valence electrons. The average molecular weight is 612 g/mol. The summed E-state index contributed by atoms with van der Waals surface area (Å²) in [6, 6.07) is 4.35. The molecule has 5 amide bonds. The van der Waals surface area contributed by atoms with Crippen LogP contribution in [0.25, 0.3) is 0 Å². The third kappa shape index (κ3) is 8.15. The first-order valence-corrected chi connectivity index (χ1v) is 15.8. The zero-order valence-electron chi connectivity index (χ0n) is 25.8. The van der Waals surface area contributed by atoms with Gasteiger partial charge < -0.3 is 35.3 Å². The minimum atomic E-state index is -1.34.